The molecule has 0 atom stereocenters. The van der Waals surface area contributed by atoms with Crippen LogP contribution in [0.3, 0.4) is 0 Å². The molecule has 7 nitrogen and oxygen atoms in total. The average molecular weight is 460 g/mol. The van der Waals surface area contributed by atoms with Crippen LogP contribution >= 0.6 is 15.9 Å². The van der Waals surface area contributed by atoms with Gasteiger partial charge >= 0.3 is 0 Å². The Balaban J connectivity index is 1.46. The van der Waals surface area contributed by atoms with Crippen LogP contribution in [0.15, 0.2) is 50.4 Å². The maximum Gasteiger partial charge on any atom is 0.287 e. The summed E-state index contributed by atoms with van der Waals surface area (Å²) in [6.07, 6.45) is 0. The zero-order valence-electron chi connectivity index (χ0n) is 14.4. The van der Waals surface area contributed by atoms with Crippen LogP contribution in [0, 0.1) is 5.82 Å². The Morgan fingerprint density at radius 2 is 1.78 bits per heavy atom. The first-order valence-corrected chi connectivity index (χ1v) is 10.6. The second kappa shape index (κ2) is 8.51. The van der Waals surface area contributed by atoms with Gasteiger partial charge in [0.2, 0.25) is 10.0 Å². The summed E-state index contributed by atoms with van der Waals surface area (Å²) in [5.41, 5.74) is 0. The van der Waals surface area contributed by atoms with Gasteiger partial charge in [0.25, 0.3) is 5.91 Å². The Hall–Kier alpha value is -1.75. The summed E-state index contributed by atoms with van der Waals surface area (Å²) in [5.74, 6) is -0.530. The Morgan fingerprint density at radius 3 is 2.37 bits per heavy atom. The van der Waals surface area contributed by atoms with E-state index >= 15 is 0 Å². The molecule has 146 valence electrons. The van der Waals surface area contributed by atoms with E-state index in [1.54, 1.807) is 12.1 Å². The maximum atomic E-state index is 13.0. The minimum absolute atomic E-state index is 0.0919. The number of halogens is 2. The van der Waals surface area contributed by atoms with Gasteiger partial charge in [0.1, 0.15) is 5.82 Å². The molecule has 1 N–H and O–H groups in total. The van der Waals surface area contributed by atoms with E-state index in [9.17, 15) is 17.6 Å². The van der Waals surface area contributed by atoms with Gasteiger partial charge in [-0.3, -0.25) is 9.69 Å². The molecule has 0 aliphatic carbocycles. The van der Waals surface area contributed by atoms with Crippen molar-refractivity contribution in [1.29, 1.82) is 0 Å². The van der Waals surface area contributed by atoms with Crippen LogP contribution in [0.25, 0.3) is 0 Å². The van der Waals surface area contributed by atoms with Crippen molar-refractivity contribution in [2.75, 3.05) is 39.3 Å². The van der Waals surface area contributed by atoms with Crippen LogP contribution in [0.4, 0.5) is 4.39 Å². The zero-order chi connectivity index (χ0) is 19.4. The van der Waals surface area contributed by atoms with E-state index in [0.29, 0.717) is 43.9 Å². The lowest BCUT2D eigenvalue weighted by Crippen LogP contribution is -2.50. The van der Waals surface area contributed by atoms with Gasteiger partial charge in [0.15, 0.2) is 10.4 Å². The van der Waals surface area contributed by atoms with Crippen molar-refractivity contribution in [2.24, 2.45) is 0 Å². The molecule has 0 radical (unpaired) electrons. The van der Waals surface area contributed by atoms with Crippen molar-refractivity contribution in [3.63, 3.8) is 0 Å². The van der Waals surface area contributed by atoms with Gasteiger partial charge in [0, 0.05) is 39.3 Å². The molecule has 0 saturated carbocycles. The van der Waals surface area contributed by atoms with Gasteiger partial charge in [-0.05, 0) is 52.3 Å². The predicted octanol–water partition coefficient (Wildman–Crippen LogP) is 1.92. The molecule has 1 aromatic carbocycles. The number of nitrogens with one attached hydrogen (secondary N) is 1. The largest absolute Gasteiger partial charge is 0.444 e. The number of piperazine rings is 1. The topological polar surface area (TPSA) is 82.9 Å². The number of hydrogen-bond donors (Lipinski definition) is 1. The average Bonchev–Trinajstić information content (AvgIpc) is 3.09. The number of benzene rings is 1. The first-order valence-electron chi connectivity index (χ1n) is 8.38. The molecule has 1 fully saturated rings. The van der Waals surface area contributed by atoms with E-state index in [1.807, 2.05) is 0 Å². The third-order valence-corrected chi connectivity index (χ3v) is 6.63. The minimum atomic E-state index is -3.62. The van der Waals surface area contributed by atoms with Crippen molar-refractivity contribution in [3.8, 4) is 0 Å². The van der Waals surface area contributed by atoms with Crippen LogP contribution in [-0.4, -0.2) is 62.8 Å². The van der Waals surface area contributed by atoms with E-state index in [4.69, 9.17) is 4.42 Å². The van der Waals surface area contributed by atoms with E-state index in [2.05, 4.69) is 26.1 Å². The van der Waals surface area contributed by atoms with E-state index < -0.39 is 15.8 Å². The molecule has 27 heavy (non-hydrogen) atoms. The number of furan rings is 1. The van der Waals surface area contributed by atoms with Crippen molar-refractivity contribution in [1.82, 2.24) is 14.5 Å². The number of nitrogens with zero attached hydrogens (tertiary/aromatic N) is 2. The van der Waals surface area contributed by atoms with Crippen LogP contribution < -0.4 is 5.32 Å². The number of amides is 1. The number of carbonyl (C=O) groups is 1. The molecule has 1 aromatic heterocycles. The summed E-state index contributed by atoms with van der Waals surface area (Å²) >= 11 is 3.15. The van der Waals surface area contributed by atoms with E-state index in [1.165, 1.54) is 16.4 Å². The Morgan fingerprint density at radius 1 is 1.11 bits per heavy atom. The fraction of sp³-hybridized carbons (Fsp3) is 0.353. The van der Waals surface area contributed by atoms with Crippen LogP contribution in [-0.2, 0) is 10.0 Å². The summed E-state index contributed by atoms with van der Waals surface area (Å²) < 4.78 is 45.2. The maximum absolute atomic E-state index is 13.0. The molecule has 0 unspecified atom stereocenters. The molecule has 1 aliphatic rings. The van der Waals surface area contributed by atoms with Crippen molar-refractivity contribution in [2.45, 2.75) is 4.90 Å². The normalized spacial score (nSPS) is 16.4. The molecule has 3 rings (SSSR count). The van der Waals surface area contributed by atoms with Crippen molar-refractivity contribution in [3.05, 3.63) is 52.6 Å². The second-order valence-corrected chi connectivity index (χ2v) is 8.78. The lowest BCUT2D eigenvalue weighted by molar-refractivity contribution is 0.0916. The molecule has 10 heteroatoms. The first kappa shape index (κ1) is 20.0. The highest BCUT2D eigenvalue weighted by atomic mass is 79.9. The molecule has 2 heterocycles. The minimum Gasteiger partial charge on any atom is -0.444 e. The van der Waals surface area contributed by atoms with Gasteiger partial charge < -0.3 is 9.73 Å². The summed E-state index contributed by atoms with van der Waals surface area (Å²) in [6, 6.07) is 8.07. The Kier molecular flexibility index (Phi) is 6.30. The molecule has 1 amide bonds. The fourth-order valence-corrected chi connectivity index (χ4v) is 4.53. The van der Waals surface area contributed by atoms with E-state index in [-0.39, 0.29) is 16.6 Å². The van der Waals surface area contributed by atoms with Crippen LogP contribution in [0.5, 0.6) is 0 Å². The van der Waals surface area contributed by atoms with Crippen LogP contribution in [0.2, 0.25) is 0 Å². The summed E-state index contributed by atoms with van der Waals surface area (Å²) in [5, 5.41) is 2.77. The number of hydrogen-bond acceptors (Lipinski definition) is 5. The fourth-order valence-electron chi connectivity index (χ4n) is 2.80. The monoisotopic (exact) mass is 459 g/mol. The lowest BCUT2D eigenvalue weighted by atomic mass is 10.3. The van der Waals surface area contributed by atoms with Gasteiger partial charge in [-0.25, -0.2) is 12.8 Å². The quantitative estimate of drug-likeness (QED) is 0.713. The molecule has 1 aliphatic heterocycles. The Bertz CT molecular complexity index is 893. The SMILES string of the molecule is O=C(NCCN1CCN(S(=O)(=O)c2ccc(F)cc2)CC1)c1ccc(Br)o1. The molecule has 1 saturated heterocycles. The number of carbonyl (C=O) groups excluding carboxylic acids is 1. The molecule has 2 aromatic rings. The number of sulfonamides is 1. The van der Waals surface area contributed by atoms with Gasteiger partial charge in [-0.2, -0.15) is 4.31 Å². The zero-order valence-corrected chi connectivity index (χ0v) is 16.8. The van der Waals surface area contributed by atoms with Crippen molar-refractivity contribution >= 4 is 31.9 Å². The third kappa shape index (κ3) is 4.95. The van der Waals surface area contributed by atoms with Crippen LogP contribution in [0.1, 0.15) is 10.6 Å². The summed E-state index contributed by atoms with van der Waals surface area (Å²) in [7, 11) is -3.62. The third-order valence-electron chi connectivity index (χ3n) is 4.29. The van der Waals surface area contributed by atoms with Gasteiger partial charge in [-0.15, -0.1) is 0 Å². The van der Waals surface area contributed by atoms with Gasteiger partial charge in [-0.1, -0.05) is 0 Å². The van der Waals surface area contributed by atoms with E-state index in [0.717, 1.165) is 12.1 Å². The molecular weight excluding hydrogens is 441 g/mol. The Labute approximate surface area is 165 Å². The molecule has 0 bridgehead atoms. The predicted molar refractivity (Wildman–Crippen MR) is 100 cm³/mol. The highest BCUT2D eigenvalue weighted by Gasteiger charge is 2.28. The number of rotatable bonds is 6. The first-order chi connectivity index (χ1) is 12.9. The summed E-state index contributed by atoms with van der Waals surface area (Å²) in [6.45, 7) is 2.85. The second-order valence-electron chi connectivity index (χ2n) is 6.06. The standard InChI is InChI=1S/C17H19BrFN3O4S/c18-16-6-5-15(26-16)17(23)20-7-8-21-9-11-22(12-10-21)27(24,25)14-3-1-13(19)2-4-14/h1-6H,7-12H2,(H,20,23). The molecule has 0 spiro atoms. The van der Waals surface area contributed by atoms with Crippen molar-refractivity contribution < 1.29 is 22.0 Å². The highest BCUT2D eigenvalue weighted by Crippen LogP contribution is 2.18. The smallest absolute Gasteiger partial charge is 0.287 e. The lowest BCUT2D eigenvalue weighted by Gasteiger charge is -2.33. The van der Waals surface area contributed by atoms with Gasteiger partial charge in [0.05, 0.1) is 4.90 Å². The summed E-state index contributed by atoms with van der Waals surface area (Å²) in [4.78, 5) is 14.1. The molecular formula is C17H19BrFN3O4S. The highest BCUT2D eigenvalue weighted by molar-refractivity contribution is 9.10.